The van der Waals surface area contributed by atoms with Crippen LogP contribution in [-0.2, 0) is 20.9 Å². The Labute approximate surface area is 171 Å². The van der Waals surface area contributed by atoms with E-state index < -0.39 is 29.8 Å². The number of carbonyl (C=O) groups is 3. The number of benzene rings is 1. The number of aliphatic hydroxyl groups is 1. The first-order chi connectivity index (χ1) is 13.5. The van der Waals surface area contributed by atoms with E-state index in [4.69, 9.17) is 4.74 Å². The van der Waals surface area contributed by atoms with Crippen LogP contribution in [0.4, 0.5) is 0 Å². The fourth-order valence-electron chi connectivity index (χ4n) is 4.10. The highest BCUT2D eigenvalue weighted by Crippen LogP contribution is 2.30. The van der Waals surface area contributed by atoms with E-state index >= 15 is 0 Å². The van der Waals surface area contributed by atoms with Crippen LogP contribution in [0.5, 0.6) is 0 Å². The molecule has 2 aliphatic rings. The third-order valence-electron chi connectivity index (χ3n) is 5.31. The number of amides is 2. The van der Waals surface area contributed by atoms with E-state index in [9.17, 15) is 19.5 Å². The van der Waals surface area contributed by atoms with Gasteiger partial charge in [0.15, 0.2) is 0 Å². The summed E-state index contributed by atoms with van der Waals surface area (Å²) in [5.74, 6) is -1.19. The van der Waals surface area contributed by atoms with Crippen molar-refractivity contribution in [2.75, 3.05) is 6.54 Å². The lowest BCUT2D eigenvalue weighted by Gasteiger charge is -2.35. The number of fused-ring (bicyclic) bond motifs is 1. The fourth-order valence-corrected chi connectivity index (χ4v) is 4.10. The topological polar surface area (TPSA) is 87.2 Å². The lowest BCUT2D eigenvalue weighted by molar-refractivity contribution is -0.164. The number of β-amino-alcohol motifs (C(OH)–C–C–N with tert-alkyl or cyclic N) is 1. The van der Waals surface area contributed by atoms with Gasteiger partial charge in [0.25, 0.3) is 5.91 Å². The predicted octanol–water partition coefficient (Wildman–Crippen LogP) is 1.97. The summed E-state index contributed by atoms with van der Waals surface area (Å²) in [5.41, 5.74) is 0.806. The van der Waals surface area contributed by atoms with Gasteiger partial charge in [0.1, 0.15) is 17.7 Å². The Balaban J connectivity index is 1.85. The van der Waals surface area contributed by atoms with E-state index in [1.807, 2.05) is 32.0 Å². The molecular formula is C22H30N2O5. The molecule has 0 aromatic heterocycles. The van der Waals surface area contributed by atoms with Gasteiger partial charge in [-0.3, -0.25) is 9.59 Å². The van der Waals surface area contributed by atoms with Crippen molar-refractivity contribution in [3.63, 3.8) is 0 Å². The Morgan fingerprint density at radius 3 is 2.45 bits per heavy atom. The molecule has 1 N–H and O–H groups in total. The molecular weight excluding hydrogens is 372 g/mol. The van der Waals surface area contributed by atoms with E-state index in [2.05, 4.69) is 0 Å². The van der Waals surface area contributed by atoms with Crippen molar-refractivity contribution in [1.29, 1.82) is 0 Å². The summed E-state index contributed by atoms with van der Waals surface area (Å²) in [6.45, 7) is 9.47. The normalized spacial score (nSPS) is 22.8. The molecule has 7 heteroatoms. The highest BCUT2D eigenvalue weighted by molar-refractivity contribution is 6.01. The molecule has 0 bridgehead atoms. The second-order valence-corrected chi connectivity index (χ2v) is 9.21. The second kappa shape index (κ2) is 7.78. The van der Waals surface area contributed by atoms with Gasteiger partial charge >= 0.3 is 5.97 Å². The Bertz CT molecular complexity index is 814. The number of hydrogen-bond donors (Lipinski definition) is 1. The zero-order valence-corrected chi connectivity index (χ0v) is 17.7. The van der Waals surface area contributed by atoms with Crippen LogP contribution in [0.25, 0.3) is 0 Å². The molecule has 1 fully saturated rings. The van der Waals surface area contributed by atoms with Crippen LogP contribution in [0.1, 0.15) is 57.0 Å². The zero-order valence-electron chi connectivity index (χ0n) is 17.7. The number of aliphatic hydroxyl groups excluding tert-OH is 1. The first kappa shape index (κ1) is 21.3. The number of ether oxygens (including phenoxy) is 1. The van der Waals surface area contributed by atoms with Crippen molar-refractivity contribution in [3.8, 4) is 0 Å². The monoisotopic (exact) mass is 402 g/mol. The summed E-state index contributed by atoms with van der Waals surface area (Å²) in [6.07, 6.45) is -0.657. The third-order valence-corrected chi connectivity index (χ3v) is 5.31. The maximum absolute atomic E-state index is 13.5. The van der Waals surface area contributed by atoms with Crippen LogP contribution in [0.15, 0.2) is 24.3 Å². The standard InChI is InChI=1S/C22H30N2O5/c1-13(2)18(24-11-14-8-6-7-9-16(14)19(24)26)20(27)23-12-15(25)10-17(23)21(28)29-22(3,4)5/h6-9,13,15,17-18,25H,10-12H2,1-5H3/t15-,17+,18-/m1/s1. The maximum Gasteiger partial charge on any atom is 0.329 e. The van der Waals surface area contributed by atoms with Crippen LogP contribution in [-0.4, -0.2) is 63.0 Å². The molecule has 1 saturated heterocycles. The SMILES string of the molecule is CC(C)[C@H](C(=O)N1C[C@H](O)C[C@H]1C(=O)OC(C)(C)C)N1Cc2ccccc2C1=O. The molecule has 0 aliphatic carbocycles. The number of rotatable bonds is 4. The minimum atomic E-state index is -0.849. The Hall–Kier alpha value is -2.41. The summed E-state index contributed by atoms with van der Waals surface area (Å²) in [7, 11) is 0. The number of carbonyl (C=O) groups excluding carboxylic acids is 3. The molecule has 3 atom stereocenters. The summed E-state index contributed by atoms with van der Waals surface area (Å²) in [4.78, 5) is 42.1. The van der Waals surface area contributed by atoms with Crippen LogP contribution in [0, 0.1) is 5.92 Å². The summed E-state index contributed by atoms with van der Waals surface area (Å²) < 4.78 is 5.46. The van der Waals surface area contributed by atoms with Crippen LogP contribution >= 0.6 is 0 Å². The second-order valence-electron chi connectivity index (χ2n) is 9.21. The minimum absolute atomic E-state index is 0.0565. The molecule has 2 amide bonds. The quantitative estimate of drug-likeness (QED) is 0.778. The average Bonchev–Trinajstić information content (AvgIpc) is 3.15. The molecule has 29 heavy (non-hydrogen) atoms. The van der Waals surface area contributed by atoms with Gasteiger partial charge in [-0.25, -0.2) is 4.79 Å². The maximum atomic E-state index is 13.5. The summed E-state index contributed by atoms with van der Waals surface area (Å²) >= 11 is 0. The van der Waals surface area contributed by atoms with Crippen molar-refractivity contribution < 1.29 is 24.2 Å². The lowest BCUT2D eigenvalue weighted by atomic mass is 10.0. The largest absolute Gasteiger partial charge is 0.458 e. The highest BCUT2D eigenvalue weighted by atomic mass is 16.6. The predicted molar refractivity (Wildman–Crippen MR) is 107 cm³/mol. The molecule has 2 aliphatic heterocycles. The molecule has 2 heterocycles. The van der Waals surface area contributed by atoms with E-state index in [0.29, 0.717) is 12.1 Å². The number of esters is 1. The highest BCUT2D eigenvalue weighted by Gasteiger charge is 2.46. The molecule has 158 valence electrons. The van der Waals surface area contributed by atoms with Gasteiger partial charge in [-0.2, -0.15) is 0 Å². The summed E-state index contributed by atoms with van der Waals surface area (Å²) in [5, 5.41) is 10.2. The van der Waals surface area contributed by atoms with Crippen molar-refractivity contribution >= 4 is 17.8 Å². The van der Waals surface area contributed by atoms with Crippen molar-refractivity contribution in [2.24, 2.45) is 5.92 Å². The molecule has 3 rings (SSSR count). The Morgan fingerprint density at radius 1 is 1.21 bits per heavy atom. The van der Waals surface area contributed by atoms with Gasteiger partial charge in [0.2, 0.25) is 5.91 Å². The van der Waals surface area contributed by atoms with Gasteiger partial charge in [-0.05, 0) is 38.3 Å². The average molecular weight is 402 g/mol. The number of likely N-dealkylation sites (tertiary alicyclic amines) is 1. The van der Waals surface area contributed by atoms with Gasteiger partial charge in [0.05, 0.1) is 6.10 Å². The molecule has 0 saturated carbocycles. The molecule has 1 aromatic rings. The van der Waals surface area contributed by atoms with Gasteiger partial charge < -0.3 is 19.6 Å². The first-order valence-electron chi connectivity index (χ1n) is 10.1. The Morgan fingerprint density at radius 2 is 1.86 bits per heavy atom. The van der Waals surface area contributed by atoms with E-state index in [1.165, 1.54) is 4.90 Å². The van der Waals surface area contributed by atoms with Crippen LogP contribution in [0.2, 0.25) is 0 Å². The minimum Gasteiger partial charge on any atom is -0.458 e. The molecule has 0 spiro atoms. The van der Waals surface area contributed by atoms with E-state index in [-0.39, 0.29) is 30.7 Å². The zero-order chi connectivity index (χ0) is 21.5. The third kappa shape index (κ3) is 4.29. The van der Waals surface area contributed by atoms with Crippen LogP contribution in [0.3, 0.4) is 0 Å². The van der Waals surface area contributed by atoms with Crippen molar-refractivity contribution in [3.05, 3.63) is 35.4 Å². The van der Waals surface area contributed by atoms with E-state index in [1.54, 1.807) is 31.7 Å². The van der Waals surface area contributed by atoms with Crippen LogP contribution < -0.4 is 0 Å². The first-order valence-corrected chi connectivity index (χ1v) is 10.1. The molecule has 0 radical (unpaired) electrons. The summed E-state index contributed by atoms with van der Waals surface area (Å²) in [6, 6.07) is 5.77. The number of nitrogens with zero attached hydrogens (tertiary/aromatic N) is 2. The fraction of sp³-hybridized carbons (Fsp3) is 0.591. The van der Waals surface area contributed by atoms with Crippen molar-refractivity contribution in [1.82, 2.24) is 9.80 Å². The van der Waals surface area contributed by atoms with E-state index in [0.717, 1.165) is 5.56 Å². The lowest BCUT2D eigenvalue weighted by Crippen LogP contribution is -2.54. The smallest absolute Gasteiger partial charge is 0.329 e. The number of hydrogen-bond acceptors (Lipinski definition) is 5. The molecule has 7 nitrogen and oxygen atoms in total. The van der Waals surface area contributed by atoms with Gasteiger partial charge in [-0.15, -0.1) is 0 Å². The molecule has 1 aromatic carbocycles. The van der Waals surface area contributed by atoms with Crippen molar-refractivity contribution in [2.45, 2.75) is 71.4 Å². The molecule has 0 unspecified atom stereocenters. The Kier molecular flexibility index (Phi) is 5.72. The van der Waals surface area contributed by atoms with Gasteiger partial charge in [-0.1, -0.05) is 32.0 Å². The van der Waals surface area contributed by atoms with Gasteiger partial charge in [0, 0.05) is 25.1 Å².